The van der Waals surface area contributed by atoms with Crippen LogP contribution in [-0.2, 0) is 6.54 Å². The lowest BCUT2D eigenvalue weighted by Crippen LogP contribution is -2.19. The quantitative estimate of drug-likeness (QED) is 0.706. The van der Waals surface area contributed by atoms with Gasteiger partial charge in [-0.05, 0) is 39.0 Å². The normalized spacial score (nSPS) is 11.1. The standard InChI is InChI=1S/C14H23FN2/c1-17(11-7-3-2-6-10-16)12-13-8-4-5-9-14(13)15/h4-5,8-9H,2-3,6-7,10-12,16H2,1H3. The SMILES string of the molecule is CN(CCCCCCN)Cc1ccccc1F. The van der Waals surface area contributed by atoms with Crippen molar-refractivity contribution in [2.75, 3.05) is 20.1 Å². The minimum Gasteiger partial charge on any atom is -0.330 e. The molecule has 1 aromatic rings. The van der Waals surface area contributed by atoms with Gasteiger partial charge in [0.15, 0.2) is 0 Å². The number of nitrogens with two attached hydrogens (primary N) is 1. The molecule has 1 rings (SSSR count). The average Bonchev–Trinajstić information content (AvgIpc) is 2.32. The second-order valence-electron chi connectivity index (χ2n) is 4.53. The van der Waals surface area contributed by atoms with Gasteiger partial charge in [-0.3, -0.25) is 0 Å². The molecule has 0 bridgehead atoms. The van der Waals surface area contributed by atoms with E-state index in [9.17, 15) is 4.39 Å². The Hall–Kier alpha value is -0.930. The minimum atomic E-state index is -0.109. The minimum absolute atomic E-state index is 0.109. The molecule has 0 saturated heterocycles. The molecule has 0 spiro atoms. The number of halogens is 1. The van der Waals surface area contributed by atoms with Crippen LogP contribution < -0.4 is 5.73 Å². The fourth-order valence-electron chi connectivity index (χ4n) is 1.88. The van der Waals surface area contributed by atoms with Crippen molar-refractivity contribution in [3.8, 4) is 0 Å². The van der Waals surface area contributed by atoms with Crippen LogP contribution in [0.2, 0.25) is 0 Å². The van der Waals surface area contributed by atoms with Crippen molar-refractivity contribution in [2.45, 2.75) is 32.2 Å². The number of benzene rings is 1. The summed E-state index contributed by atoms with van der Waals surface area (Å²) in [4.78, 5) is 2.17. The zero-order chi connectivity index (χ0) is 12.5. The maximum atomic E-state index is 13.4. The summed E-state index contributed by atoms with van der Waals surface area (Å²) in [6.07, 6.45) is 4.67. The Kier molecular flexibility index (Phi) is 6.82. The van der Waals surface area contributed by atoms with Gasteiger partial charge in [-0.15, -0.1) is 0 Å². The Morgan fingerprint density at radius 3 is 2.53 bits per heavy atom. The Labute approximate surface area is 104 Å². The Morgan fingerprint density at radius 2 is 1.82 bits per heavy atom. The summed E-state index contributed by atoms with van der Waals surface area (Å²) in [6, 6.07) is 6.98. The van der Waals surface area contributed by atoms with Gasteiger partial charge in [0, 0.05) is 12.1 Å². The van der Waals surface area contributed by atoms with Gasteiger partial charge in [0.25, 0.3) is 0 Å². The lowest BCUT2D eigenvalue weighted by atomic mass is 10.1. The summed E-state index contributed by atoms with van der Waals surface area (Å²) < 4.78 is 13.4. The van der Waals surface area contributed by atoms with Gasteiger partial charge in [0.05, 0.1) is 0 Å². The molecule has 0 amide bonds. The van der Waals surface area contributed by atoms with Crippen molar-refractivity contribution >= 4 is 0 Å². The van der Waals surface area contributed by atoms with Crippen molar-refractivity contribution in [1.82, 2.24) is 4.90 Å². The van der Waals surface area contributed by atoms with Crippen LogP contribution in [-0.4, -0.2) is 25.0 Å². The molecule has 0 aromatic heterocycles. The third kappa shape index (κ3) is 5.80. The monoisotopic (exact) mass is 238 g/mol. The van der Waals surface area contributed by atoms with Crippen LogP contribution in [0.3, 0.4) is 0 Å². The molecule has 0 aliphatic heterocycles. The summed E-state index contributed by atoms with van der Waals surface area (Å²) >= 11 is 0. The van der Waals surface area contributed by atoms with E-state index in [1.807, 2.05) is 19.2 Å². The average molecular weight is 238 g/mol. The van der Waals surface area contributed by atoms with Crippen molar-refractivity contribution in [2.24, 2.45) is 5.73 Å². The first-order valence-corrected chi connectivity index (χ1v) is 6.36. The molecular formula is C14H23FN2. The smallest absolute Gasteiger partial charge is 0.127 e. The third-order valence-corrected chi connectivity index (χ3v) is 2.89. The van der Waals surface area contributed by atoms with E-state index in [1.165, 1.54) is 18.9 Å². The molecule has 0 fully saturated rings. The highest BCUT2D eigenvalue weighted by Crippen LogP contribution is 2.09. The first-order valence-electron chi connectivity index (χ1n) is 6.36. The number of hydrogen-bond acceptors (Lipinski definition) is 2. The van der Waals surface area contributed by atoms with Gasteiger partial charge in [-0.2, -0.15) is 0 Å². The van der Waals surface area contributed by atoms with Crippen LogP contribution in [0.15, 0.2) is 24.3 Å². The van der Waals surface area contributed by atoms with Gasteiger partial charge >= 0.3 is 0 Å². The highest BCUT2D eigenvalue weighted by atomic mass is 19.1. The summed E-state index contributed by atoms with van der Waals surface area (Å²) in [5.41, 5.74) is 6.21. The molecule has 0 radical (unpaired) electrons. The van der Waals surface area contributed by atoms with E-state index < -0.39 is 0 Å². The molecule has 0 saturated carbocycles. The molecule has 0 unspecified atom stereocenters. The molecule has 17 heavy (non-hydrogen) atoms. The van der Waals surface area contributed by atoms with Crippen LogP contribution in [0.25, 0.3) is 0 Å². The molecule has 1 aromatic carbocycles. The van der Waals surface area contributed by atoms with Crippen LogP contribution in [0.1, 0.15) is 31.2 Å². The summed E-state index contributed by atoms with van der Waals surface area (Å²) in [5.74, 6) is -0.109. The zero-order valence-corrected chi connectivity index (χ0v) is 10.7. The largest absolute Gasteiger partial charge is 0.330 e. The van der Waals surface area contributed by atoms with Gasteiger partial charge in [-0.25, -0.2) is 4.39 Å². The van der Waals surface area contributed by atoms with Crippen molar-refractivity contribution in [3.63, 3.8) is 0 Å². The first kappa shape index (κ1) is 14.1. The topological polar surface area (TPSA) is 29.3 Å². The highest BCUT2D eigenvalue weighted by Gasteiger charge is 2.04. The maximum Gasteiger partial charge on any atom is 0.127 e. The van der Waals surface area contributed by atoms with E-state index in [-0.39, 0.29) is 5.82 Å². The summed E-state index contributed by atoms with van der Waals surface area (Å²) in [7, 11) is 2.04. The molecule has 2 N–H and O–H groups in total. The predicted octanol–water partition coefficient (Wildman–Crippen LogP) is 2.78. The van der Waals surface area contributed by atoms with Crippen LogP contribution in [0.4, 0.5) is 4.39 Å². The predicted molar refractivity (Wildman–Crippen MR) is 70.3 cm³/mol. The number of hydrogen-bond donors (Lipinski definition) is 1. The van der Waals surface area contributed by atoms with Gasteiger partial charge in [0.2, 0.25) is 0 Å². The molecule has 3 heteroatoms. The molecule has 0 atom stereocenters. The van der Waals surface area contributed by atoms with E-state index in [2.05, 4.69) is 4.90 Å². The second kappa shape index (κ2) is 8.20. The molecular weight excluding hydrogens is 215 g/mol. The summed E-state index contributed by atoms with van der Waals surface area (Å²) in [5, 5.41) is 0. The van der Waals surface area contributed by atoms with E-state index in [0.29, 0.717) is 6.54 Å². The number of rotatable bonds is 8. The van der Waals surface area contributed by atoms with E-state index in [1.54, 1.807) is 6.07 Å². The first-order chi connectivity index (χ1) is 8.24. The van der Waals surface area contributed by atoms with Crippen molar-refractivity contribution < 1.29 is 4.39 Å². The fraction of sp³-hybridized carbons (Fsp3) is 0.571. The lowest BCUT2D eigenvalue weighted by molar-refractivity contribution is 0.312. The molecule has 2 nitrogen and oxygen atoms in total. The number of unbranched alkanes of at least 4 members (excludes halogenated alkanes) is 3. The lowest BCUT2D eigenvalue weighted by Gasteiger charge is -2.16. The number of nitrogens with zero attached hydrogens (tertiary/aromatic N) is 1. The fourth-order valence-corrected chi connectivity index (χ4v) is 1.88. The van der Waals surface area contributed by atoms with Crippen LogP contribution >= 0.6 is 0 Å². The van der Waals surface area contributed by atoms with Gasteiger partial charge in [-0.1, -0.05) is 31.0 Å². The van der Waals surface area contributed by atoms with Gasteiger partial charge < -0.3 is 10.6 Å². The highest BCUT2D eigenvalue weighted by molar-refractivity contribution is 5.16. The van der Waals surface area contributed by atoms with Crippen molar-refractivity contribution in [3.05, 3.63) is 35.6 Å². The van der Waals surface area contributed by atoms with Gasteiger partial charge in [0.1, 0.15) is 5.82 Å². The molecule has 0 heterocycles. The Balaban J connectivity index is 2.21. The third-order valence-electron chi connectivity index (χ3n) is 2.89. The second-order valence-corrected chi connectivity index (χ2v) is 4.53. The molecule has 0 aliphatic rings. The Bertz CT molecular complexity index is 315. The Morgan fingerprint density at radius 1 is 1.12 bits per heavy atom. The zero-order valence-electron chi connectivity index (χ0n) is 10.7. The van der Waals surface area contributed by atoms with E-state index >= 15 is 0 Å². The molecule has 0 aliphatic carbocycles. The van der Waals surface area contributed by atoms with E-state index in [4.69, 9.17) is 5.73 Å². The van der Waals surface area contributed by atoms with Crippen molar-refractivity contribution in [1.29, 1.82) is 0 Å². The molecule has 96 valence electrons. The maximum absolute atomic E-state index is 13.4. The van der Waals surface area contributed by atoms with Crippen LogP contribution in [0, 0.1) is 5.82 Å². The van der Waals surface area contributed by atoms with E-state index in [0.717, 1.165) is 31.5 Å². The summed E-state index contributed by atoms with van der Waals surface area (Å²) in [6.45, 7) is 2.48. The van der Waals surface area contributed by atoms with Crippen LogP contribution in [0.5, 0.6) is 0 Å².